The van der Waals surface area contributed by atoms with Crippen molar-refractivity contribution in [2.45, 2.75) is 18.9 Å². The van der Waals surface area contributed by atoms with Gasteiger partial charge in [0.15, 0.2) is 0 Å². The Labute approximate surface area is 136 Å². The molecule has 21 heavy (non-hydrogen) atoms. The highest BCUT2D eigenvalue weighted by atomic mass is 79.9. The van der Waals surface area contributed by atoms with E-state index in [9.17, 15) is 4.79 Å². The van der Waals surface area contributed by atoms with Gasteiger partial charge in [0.2, 0.25) is 0 Å². The largest absolute Gasteiger partial charge is 0.397 e. The summed E-state index contributed by atoms with van der Waals surface area (Å²) in [5, 5.41) is 3.91. The first-order chi connectivity index (χ1) is 10.1. The highest BCUT2D eigenvalue weighted by molar-refractivity contribution is 9.10. The van der Waals surface area contributed by atoms with Crippen LogP contribution >= 0.6 is 27.3 Å². The Balaban J connectivity index is 1.67. The number of fused-ring (bicyclic) bond motifs is 1. The second-order valence-corrected chi connectivity index (χ2v) is 7.42. The van der Waals surface area contributed by atoms with Gasteiger partial charge in [-0.1, -0.05) is 22.0 Å². The summed E-state index contributed by atoms with van der Waals surface area (Å²) in [7, 11) is 2.11. The van der Waals surface area contributed by atoms with Crippen molar-refractivity contribution in [3.63, 3.8) is 0 Å². The van der Waals surface area contributed by atoms with Crippen molar-refractivity contribution in [1.82, 2.24) is 10.2 Å². The average molecular weight is 368 g/mol. The number of hydrogen-bond donors (Lipinski definition) is 2. The molecule has 3 rings (SSSR count). The molecule has 0 unspecified atom stereocenters. The summed E-state index contributed by atoms with van der Waals surface area (Å²) in [5.74, 6) is -0.0750. The molecule has 0 spiro atoms. The number of anilines is 1. The highest BCUT2D eigenvalue weighted by Gasteiger charge is 2.25. The molecule has 1 aliphatic carbocycles. The monoisotopic (exact) mass is 367 g/mol. The van der Waals surface area contributed by atoms with Crippen LogP contribution in [-0.4, -0.2) is 37.0 Å². The molecule has 3 N–H and O–H groups in total. The van der Waals surface area contributed by atoms with Crippen molar-refractivity contribution in [3.8, 4) is 0 Å². The number of likely N-dealkylation sites (N-methyl/N-ethyl adjacent to an activating group) is 1. The molecule has 0 radical (unpaired) electrons. The summed E-state index contributed by atoms with van der Waals surface area (Å²) >= 11 is 4.88. The third kappa shape index (κ3) is 3.22. The molecule has 6 heteroatoms. The van der Waals surface area contributed by atoms with Gasteiger partial charge in [0.05, 0.1) is 5.69 Å². The zero-order chi connectivity index (χ0) is 15.0. The number of halogens is 1. The number of nitrogen functional groups attached to an aromatic ring is 1. The maximum atomic E-state index is 12.3. The molecule has 0 aliphatic heterocycles. The molecule has 0 atom stereocenters. The molecule has 112 valence electrons. The molecule has 2 aromatic rings. The van der Waals surface area contributed by atoms with Crippen molar-refractivity contribution < 1.29 is 4.79 Å². The van der Waals surface area contributed by atoms with E-state index in [1.165, 1.54) is 24.2 Å². The van der Waals surface area contributed by atoms with Gasteiger partial charge in [-0.3, -0.25) is 4.79 Å². The third-order valence-corrected chi connectivity index (χ3v) is 5.48. The highest BCUT2D eigenvalue weighted by Crippen LogP contribution is 2.35. The summed E-state index contributed by atoms with van der Waals surface area (Å²) in [6.45, 7) is 1.54. The first-order valence-corrected chi connectivity index (χ1v) is 8.63. The zero-order valence-corrected chi connectivity index (χ0v) is 14.3. The number of hydrogen-bond acceptors (Lipinski definition) is 4. The molecule has 0 bridgehead atoms. The van der Waals surface area contributed by atoms with Gasteiger partial charge in [0.25, 0.3) is 5.91 Å². The van der Waals surface area contributed by atoms with Gasteiger partial charge in [-0.05, 0) is 32.0 Å². The lowest BCUT2D eigenvalue weighted by Gasteiger charge is -2.15. The van der Waals surface area contributed by atoms with Crippen LogP contribution in [0.4, 0.5) is 5.69 Å². The van der Waals surface area contributed by atoms with Crippen molar-refractivity contribution in [1.29, 1.82) is 0 Å². The zero-order valence-electron chi connectivity index (χ0n) is 11.9. The van der Waals surface area contributed by atoms with Gasteiger partial charge in [-0.2, -0.15) is 0 Å². The Bertz CT molecular complexity index is 681. The summed E-state index contributed by atoms with van der Waals surface area (Å²) in [6, 6.07) is 6.60. The first kappa shape index (κ1) is 14.8. The fourth-order valence-corrected chi connectivity index (χ4v) is 3.97. The first-order valence-electron chi connectivity index (χ1n) is 7.02. The normalized spacial score (nSPS) is 14.8. The van der Waals surface area contributed by atoms with Gasteiger partial charge < -0.3 is 16.0 Å². The van der Waals surface area contributed by atoms with Gasteiger partial charge in [0, 0.05) is 33.7 Å². The van der Waals surface area contributed by atoms with Crippen LogP contribution < -0.4 is 11.1 Å². The van der Waals surface area contributed by atoms with Crippen LogP contribution in [0.2, 0.25) is 0 Å². The summed E-state index contributed by atoms with van der Waals surface area (Å²) in [5.41, 5.74) is 6.68. The summed E-state index contributed by atoms with van der Waals surface area (Å²) in [4.78, 5) is 15.2. The molecule has 1 saturated carbocycles. The van der Waals surface area contributed by atoms with E-state index in [4.69, 9.17) is 5.73 Å². The Morgan fingerprint density at radius 3 is 3.00 bits per heavy atom. The standard InChI is InChI=1S/C15H18BrN3OS/c1-19(10-3-4-10)7-6-18-15(20)14-13(17)11-5-2-9(16)8-12(11)21-14/h2,5,8,10H,3-4,6-7,17H2,1H3,(H,18,20). The molecular weight excluding hydrogens is 350 g/mol. The van der Waals surface area contributed by atoms with E-state index >= 15 is 0 Å². The Kier molecular flexibility index (Phi) is 4.19. The topological polar surface area (TPSA) is 58.4 Å². The van der Waals surface area contributed by atoms with Crippen LogP contribution in [0.15, 0.2) is 22.7 Å². The minimum atomic E-state index is -0.0750. The smallest absolute Gasteiger partial charge is 0.263 e. The van der Waals surface area contributed by atoms with Crippen molar-refractivity contribution in [3.05, 3.63) is 27.5 Å². The van der Waals surface area contributed by atoms with E-state index in [2.05, 4.69) is 33.2 Å². The SMILES string of the molecule is CN(CCNC(=O)c1sc2cc(Br)ccc2c1N)C1CC1. The number of nitrogens with two attached hydrogens (primary N) is 1. The van der Waals surface area contributed by atoms with E-state index in [0.29, 0.717) is 23.2 Å². The molecule has 1 aliphatic rings. The van der Waals surface area contributed by atoms with E-state index < -0.39 is 0 Å². The number of nitrogens with zero attached hydrogens (tertiary/aromatic N) is 1. The van der Waals surface area contributed by atoms with Gasteiger partial charge in [0.1, 0.15) is 4.88 Å². The van der Waals surface area contributed by atoms with Crippen LogP contribution in [0.1, 0.15) is 22.5 Å². The van der Waals surface area contributed by atoms with Crippen molar-refractivity contribution >= 4 is 48.9 Å². The van der Waals surface area contributed by atoms with Crippen LogP contribution in [0.25, 0.3) is 10.1 Å². The Hall–Kier alpha value is -1.11. The fourth-order valence-electron chi connectivity index (χ4n) is 2.38. The van der Waals surface area contributed by atoms with Gasteiger partial charge in [-0.15, -0.1) is 11.3 Å². The molecule has 1 aromatic carbocycles. The predicted octanol–water partition coefficient (Wildman–Crippen LogP) is 3.07. The average Bonchev–Trinajstić information content (AvgIpc) is 3.24. The molecule has 1 amide bonds. The lowest BCUT2D eigenvalue weighted by atomic mass is 10.2. The molecule has 1 heterocycles. The molecule has 4 nitrogen and oxygen atoms in total. The Morgan fingerprint density at radius 1 is 1.52 bits per heavy atom. The van der Waals surface area contributed by atoms with Crippen LogP contribution in [-0.2, 0) is 0 Å². The van der Waals surface area contributed by atoms with Crippen molar-refractivity contribution in [2.75, 3.05) is 25.9 Å². The van der Waals surface area contributed by atoms with Crippen LogP contribution in [0.5, 0.6) is 0 Å². The van der Waals surface area contributed by atoms with E-state index in [-0.39, 0.29) is 5.91 Å². The second-order valence-electron chi connectivity index (χ2n) is 5.45. The lowest BCUT2D eigenvalue weighted by Crippen LogP contribution is -2.33. The van der Waals surface area contributed by atoms with E-state index in [1.54, 1.807) is 0 Å². The minimum absolute atomic E-state index is 0.0750. The number of carbonyl (C=O) groups excluding carboxylic acids is 1. The van der Waals surface area contributed by atoms with Gasteiger partial charge >= 0.3 is 0 Å². The summed E-state index contributed by atoms with van der Waals surface area (Å²) in [6.07, 6.45) is 2.56. The fraction of sp³-hybridized carbons (Fsp3) is 0.400. The molecular formula is C15H18BrN3OS. The third-order valence-electron chi connectivity index (χ3n) is 3.82. The molecule has 1 aromatic heterocycles. The number of amides is 1. The number of rotatable bonds is 5. The second kappa shape index (κ2) is 5.94. The van der Waals surface area contributed by atoms with E-state index in [1.807, 2.05) is 18.2 Å². The maximum absolute atomic E-state index is 12.3. The lowest BCUT2D eigenvalue weighted by molar-refractivity contribution is 0.0954. The number of carbonyl (C=O) groups is 1. The quantitative estimate of drug-likeness (QED) is 0.853. The minimum Gasteiger partial charge on any atom is -0.397 e. The molecule has 1 fully saturated rings. The summed E-state index contributed by atoms with van der Waals surface area (Å²) < 4.78 is 2.02. The Morgan fingerprint density at radius 2 is 2.29 bits per heavy atom. The van der Waals surface area contributed by atoms with E-state index in [0.717, 1.165) is 21.1 Å². The van der Waals surface area contributed by atoms with Crippen LogP contribution in [0, 0.1) is 0 Å². The maximum Gasteiger partial charge on any atom is 0.263 e. The number of nitrogens with one attached hydrogen (secondary N) is 1. The predicted molar refractivity (Wildman–Crippen MR) is 91.9 cm³/mol. The molecule has 0 saturated heterocycles. The number of benzene rings is 1. The van der Waals surface area contributed by atoms with Gasteiger partial charge in [-0.25, -0.2) is 0 Å². The van der Waals surface area contributed by atoms with Crippen molar-refractivity contribution in [2.24, 2.45) is 0 Å². The number of thiophene rings is 1. The van der Waals surface area contributed by atoms with Crippen LogP contribution in [0.3, 0.4) is 0 Å².